The molecule has 0 bridgehead atoms. The van der Waals surface area contributed by atoms with Gasteiger partial charge in [-0.2, -0.15) is 0 Å². The molecule has 0 aliphatic carbocycles. The van der Waals surface area contributed by atoms with Crippen LogP contribution in [0.3, 0.4) is 0 Å². The number of benzene rings is 1. The Hall–Kier alpha value is -3.19. The zero-order valence-electron chi connectivity index (χ0n) is 11.1. The highest BCUT2D eigenvalue weighted by atomic mass is 16.6. The number of hydrogen-bond acceptors (Lipinski definition) is 7. The summed E-state index contributed by atoms with van der Waals surface area (Å²) in [6.07, 6.45) is 0. The molecule has 0 saturated carbocycles. The van der Waals surface area contributed by atoms with E-state index in [4.69, 9.17) is 5.53 Å². The second-order valence-corrected chi connectivity index (χ2v) is 4.05. The number of aromatic nitrogens is 4. The Morgan fingerprint density at radius 3 is 2.57 bits per heavy atom. The van der Waals surface area contributed by atoms with E-state index in [0.717, 1.165) is 5.69 Å². The van der Waals surface area contributed by atoms with Crippen molar-refractivity contribution in [3.8, 4) is 0 Å². The summed E-state index contributed by atoms with van der Waals surface area (Å²) in [4.78, 5) is 13.1. The Labute approximate surface area is 118 Å². The van der Waals surface area contributed by atoms with Crippen LogP contribution in [0.25, 0.3) is 21.7 Å². The average molecular weight is 282 g/mol. The molecule has 0 spiro atoms. The summed E-state index contributed by atoms with van der Waals surface area (Å²) in [6.45, 7) is 2.57. The number of nitrogens with zero attached hydrogens (tertiary/aromatic N) is 8. The Bertz CT molecular complexity index is 808. The summed E-state index contributed by atoms with van der Waals surface area (Å²) >= 11 is 0. The first-order valence-corrected chi connectivity index (χ1v) is 6.21. The second-order valence-electron chi connectivity index (χ2n) is 4.05. The number of fused-ring (bicyclic) bond motifs is 1. The van der Waals surface area contributed by atoms with Crippen molar-refractivity contribution in [3.63, 3.8) is 0 Å². The van der Waals surface area contributed by atoms with Crippen LogP contribution in [-0.4, -0.2) is 26.8 Å². The third-order valence-corrected chi connectivity index (χ3v) is 2.86. The highest BCUT2D eigenvalue weighted by molar-refractivity contribution is 5.76. The number of azide groups is 1. The van der Waals surface area contributed by atoms with Gasteiger partial charge in [0.25, 0.3) is 0 Å². The Morgan fingerprint density at radius 1 is 1.19 bits per heavy atom. The predicted molar refractivity (Wildman–Crippen MR) is 75.3 cm³/mol. The average Bonchev–Trinajstić information content (AvgIpc) is 2.97. The maximum Gasteiger partial charge on any atom is 0.245 e. The maximum atomic E-state index is 8.70. The van der Waals surface area contributed by atoms with Crippen LogP contribution in [-0.2, 0) is 0 Å². The molecular weight excluding hydrogens is 272 g/mol. The van der Waals surface area contributed by atoms with E-state index in [9.17, 15) is 0 Å². The van der Waals surface area contributed by atoms with Gasteiger partial charge < -0.3 is 4.90 Å². The fraction of sp³-hybridized carbons (Fsp3) is 0.167. The highest BCUT2D eigenvalue weighted by Crippen LogP contribution is 2.31. The first-order chi connectivity index (χ1) is 10.3. The van der Waals surface area contributed by atoms with Gasteiger partial charge in [0, 0.05) is 17.1 Å². The summed E-state index contributed by atoms with van der Waals surface area (Å²) in [5, 5.41) is 10.9. The van der Waals surface area contributed by atoms with Crippen LogP contribution in [0, 0.1) is 0 Å². The fourth-order valence-corrected chi connectivity index (χ4v) is 1.97. The number of hydrogen-bond donors (Lipinski definition) is 0. The SMILES string of the molecule is CCN(c1ccccc1)c1nc2nonc2nc1N=[N+]=[N-]. The molecule has 0 fully saturated rings. The zero-order chi connectivity index (χ0) is 14.7. The van der Waals surface area contributed by atoms with Crippen molar-refractivity contribution < 1.29 is 4.63 Å². The minimum absolute atomic E-state index is 0.131. The minimum Gasteiger partial charge on any atom is -0.325 e. The molecule has 2 aromatic heterocycles. The molecule has 3 rings (SSSR count). The van der Waals surface area contributed by atoms with Crippen molar-refractivity contribution in [1.29, 1.82) is 0 Å². The third-order valence-electron chi connectivity index (χ3n) is 2.86. The van der Waals surface area contributed by atoms with Crippen molar-refractivity contribution in [2.75, 3.05) is 11.4 Å². The van der Waals surface area contributed by atoms with Gasteiger partial charge in [0.1, 0.15) is 0 Å². The van der Waals surface area contributed by atoms with Crippen molar-refractivity contribution >= 4 is 28.6 Å². The number of anilines is 2. The molecule has 0 saturated heterocycles. The number of para-hydroxylation sites is 1. The maximum absolute atomic E-state index is 8.70. The lowest BCUT2D eigenvalue weighted by molar-refractivity contribution is 0.314. The van der Waals surface area contributed by atoms with Crippen LogP contribution in [0.15, 0.2) is 40.1 Å². The molecule has 0 radical (unpaired) electrons. The molecule has 3 aromatic rings. The molecule has 0 N–H and O–H groups in total. The van der Waals surface area contributed by atoms with Crippen molar-refractivity contribution in [1.82, 2.24) is 20.3 Å². The fourth-order valence-electron chi connectivity index (χ4n) is 1.97. The molecule has 0 aliphatic rings. The lowest BCUT2D eigenvalue weighted by Gasteiger charge is -2.22. The summed E-state index contributed by atoms with van der Waals surface area (Å²) in [7, 11) is 0. The van der Waals surface area contributed by atoms with E-state index in [0.29, 0.717) is 12.4 Å². The van der Waals surface area contributed by atoms with Gasteiger partial charge in [-0.25, -0.2) is 14.6 Å². The van der Waals surface area contributed by atoms with Gasteiger partial charge in [-0.3, -0.25) is 0 Å². The molecule has 21 heavy (non-hydrogen) atoms. The van der Waals surface area contributed by atoms with Gasteiger partial charge in [0.05, 0.1) is 0 Å². The van der Waals surface area contributed by atoms with Crippen LogP contribution in [0.5, 0.6) is 0 Å². The van der Waals surface area contributed by atoms with Gasteiger partial charge in [-0.15, -0.1) is 0 Å². The van der Waals surface area contributed by atoms with E-state index in [1.54, 1.807) is 0 Å². The first kappa shape index (κ1) is 12.8. The normalized spacial score (nSPS) is 10.3. The zero-order valence-corrected chi connectivity index (χ0v) is 11.1. The summed E-state index contributed by atoms with van der Waals surface area (Å²) in [6, 6.07) is 9.60. The standard InChI is InChI=1S/C12H10N8O/c1-2-20(8-6-4-3-5-7-8)12-11(16-19-13)14-9-10(15-12)18-21-17-9/h3-7H,2H2,1H3. The Morgan fingerprint density at radius 2 is 1.90 bits per heavy atom. The summed E-state index contributed by atoms with van der Waals surface area (Å²) in [5.41, 5.74) is 10.1. The molecule has 0 aliphatic heterocycles. The van der Waals surface area contributed by atoms with Crippen molar-refractivity contribution in [2.45, 2.75) is 6.92 Å². The van der Waals surface area contributed by atoms with E-state index in [-0.39, 0.29) is 17.1 Å². The molecule has 1 aromatic carbocycles. The van der Waals surface area contributed by atoms with E-state index >= 15 is 0 Å². The van der Waals surface area contributed by atoms with Gasteiger partial charge in [-0.05, 0) is 40.0 Å². The third kappa shape index (κ3) is 2.33. The molecule has 0 unspecified atom stereocenters. The summed E-state index contributed by atoms with van der Waals surface area (Å²) < 4.78 is 4.59. The second kappa shape index (κ2) is 5.43. The Balaban J connectivity index is 2.20. The topological polar surface area (TPSA) is 117 Å². The van der Waals surface area contributed by atoms with Crippen LogP contribution in [0.1, 0.15) is 6.92 Å². The quantitative estimate of drug-likeness (QED) is 0.412. The van der Waals surface area contributed by atoms with Crippen LogP contribution >= 0.6 is 0 Å². The first-order valence-electron chi connectivity index (χ1n) is 6.21. The smallest absolute Gasteiger partial charge is 0.245 e. The highest BCUT2D eigenvalue weighted by Gasteiger charge is 2.17. The molecule has 0 amide bonds. The van der Waals surface area contributed by atoms with Crippen LogP contribution in [0.2, 0.25) is 0 Å². The monoisotopic (exact) mass is 282 g/mol. The number of rotatable bonds is 4. The molecule has 104 valence electrons. The minimum atomic E-state index is 0.131. The van der Waals surface area contributed by atoms with Crippen molar-refractivity contribution in [2.24, 2.45) is 5.11 Å². The Kier molecular flexibility index (Phi) is 3.32. The molecule has 9 nitrogen and oxygen atoms in total. The van der Waals surface area contributed by atoms with Crippen molar-refractivity contribution in [3.05, 3.63) is 40.8 Å². The summed E-state index contributed by atoms with van der Waals surface area (Å²) in [5.74, 6) is 0.538. The lowest BCUT2D eigenvalue weighted by atomic mass is 10.3. The van der Waals surface area contributed by atoms with Crippen LogP contribution < -0.4 is 4.90 Å². The van der Waals surface area contributed by atoms with Gasteiger partial charge in [0.15, 0.2) is 11.6 Å². The molecular formula is C12H10N8O. The van der Waals surface area contributed by atoms with Gasteiger partial charge in [0.2, 0.25) is 11.3 Å². The predicted octanol–water partition coefficient (Wildman–Crippen LogP) is 3.11. The van der Waals surface area contributed by atoms with E-state index < -0.39 is 0 Å². The van der Waals surface area contributed by atoms with E-state index in [1.165, 1.54) is 0 Å². The molecule has 9 heteroatoms. The largest absolute Gasteiger partial charge is 0.325 e. The van der Waals surface area contributed by atoms with Gasteiger partial charge >= 0.3 is 0 Å². The molecule has 0 atom stereocenters. The lowest BCUT2D eigenvalue weighted by Crippen LogP contribution is -2.18. The molecule has 2 heterocycles. The van der Waals surface area contributed by atoms with E-state index in [1.807, 2.05) is 42.2 Å². The van der Waals surface area contributed by atoms with E-state index in [2.05, 4.69) is 34.9 Å². The van der Waals surface area contributed by atoms with Crippen LogP contribution in [0.4, 0.5) is 17.3 Å². The van der Waals surface area contributed by atoms with Gasteiger partial charge in [-0.1, -0.05) is 18.2 Å².